The summed E-state index contributed by atoms with van der Waals surface area (Å²) in [5, 5.41) is 23.3. The van der Waals surface area contributed by atoms with Gasteiger partial charge in [0, 0.05) is 12.8 Å². The molecular formula is C58H109NO5. The number of hydrogen-bond acceptors (Lipinski definition) is 5. The Bertz CT molecular complexity index is 1040. The summed E-state index contributed by atoms with van der Waals surface area (Å²) in [6.45, 7) is 4.86. The minimum atomic E-state index is -0.683. The molecule has 0 aromatic carbocycles. The van der Waals surface area contributed by atoms with Crippen molar-refractivity contribution in [3.63, 3.8) is 0 Å². The molecule has 0 radical (unpaired) electrons. The largest absolute Gasteiger partial charge is 0.466 e. The predicted octanol–water partition coefficient (Wildman–Crippen LogP) is 17.2. The van der Waals surface area contributed by atoms with Gasteiger partial charge < -0.3 is 20.3 Å². The lowest BCUT2D eigenvalue weighted by Crippen LogP contribution is -2.45. The van der Waals surface area contributed by atoms with Gasteiger partial charge in [-0.15, -0.1) is 0 Å². The Hall–Kier alpha value is -1.92. The van der Waals surface area contributed by atoms with E-state index < -0.39 is 12.1 Å². The average Bonchev–Trinajstić information content (AvgIpc) is 3.29. The maximum absolute atomic E-state index is 12.5. The topological polar surface area (TPSA) is 95.9 Å². The first kappa shape index (κ1) is 62.1. The molecule has 2 unspecified atom stereocenters. The van der Waals surface area contributed by atoms with E-state index in [2.05, 4.69) is 55.6 Å². The van der Waals surface area contributed by atoms with Crippen molar-refractivity contribution in [3.8, 4) is 0 Å². The second-order valence-corrected chi connectivity index (χ2v) is 19.3. The summed E-state index contributed by atoms with van der Waals surface area (Å²) >= 11 is 0. The van der Waals surface area contributed by atoms with Crippen molar-refractivity contribution in [2.24, 2.45) is 0 Å². The minimum absolute atomic E-state index is 0.0348. The van der Waals surface area contributed by atoms with Crippen molar-refractivity contribution in [1.29, 1.82) is 0 Å². The van der Waals surface area contributed by atoms with Gasteiger partial charge in [-0.3, -0.25) is 9.59 Å². The van der Waals surface area contributed by atoms with E-state index in [-0.39, 0.29) is 18.5 Å². The zero-order valence-corrected chi connectivity index (χ0v) is 42.8. The highest BCUT2D eigenvalue weighted by Crippen LogP contribution is 2.17. The van der Waals surface area contributed by atoms with Gasteiger partial charge in [-0.2, -0.15) is 0 Å². The maximum atomic E-state index is 12.5. The van der Waals surface area contributed by atoms with Crippen LogP contribution in [0.15, 0.2) is 36.5 Å². The molecule has 2 atom stereocenters. The van der Waals surface area contributed by atoms with Crippen molar-refractivity contribution in [2.45, 2.75) is 309 Å². The molecular weight excluding hydrogens is 791 g/mol. The van der Waals surface area contributed by atoms with E-state index >= 15 is 0 Å². The van der Waals surface area contributed by atoms with E-state index in [4.69, 9.17) is 4.74 Å². The van der Waals surface area contributed by atoms with Gasteiger partial charge >= 0.3 is 5.97 Å². The van der Waals surface area contributed by atoms with Crippen LogP contribution in [0.2, 0.25) is 0 Å². The Balaban J connectivity index is 3.50. The number of esters is 1. The van der Waals surface area contributed by atoms with Crippen molar-refractivity contribution < 1.29 is 24.5 Å². The second-order valence-electron chi connectivity index (χ2n) is 19.3. The number of aliphatic hydroxyl groups excluding tert-OH is 2. The summed E-state index contributed by atoms with van der Waals surface area (Å²) in [5.41, 5.74) is 0. The molecule has 0 spiro atoms. The van der Waals surface area contributed by atoms with Crippen LogP contribution in [-0.2, 0) is 14.3 Å². The zero-order valence-electron chi connectivity index (χ0n) is 42.8. The lowest BCUT2D eigenvalue weighted by atomic mass is 10.0. The van der Waals surface area contributed by atoms with E-state index in [0.717, 1.165) is 89.9 Å². The summed E-state index contributed by atoms with van der Waals surface area (Å²) < 4.78 is 5.45. The maximum Gasteiger partial charge on any atom is 0.305 e. The van der Waals surface area contributed by atoms with Gasteiger partial charge in [-0.25, -0.2) is 0 Å². The number of nitrogens with one attached hydrogen (secondary N) is 1. The summed E-state index contributed by atoms with van der Waals surface area (Å²) in [4.78, 5) is 24.5. The highest BCUT2D eigenvalue weighted by molar-refractivity contribution is 5.76. The summed E-state index contributed by atoms with van der Waals surface area (Å²) in [6, 6.07) is -0.564. The molecule has 0 aromatic heterocycles. The molecule has 0 rings (SSSR count). The fraction of sp³-hybridized carbons (Fsp3) is 0.862. The van der Waals surface area contributed by atoms with Crippen LogP contribution in [0.3, 0.4) is 0 Å². The molecule has 6 heteroatoms. The number of aliphatic hydroxyl groups is 2. The smallest absolute Gasteiger partial charge is 0.305 e. The van der Waals surface area contributed by atoms with Gasteiger partial charge in [-0.1, -0.05) is 237 Å². The molecule has 0 saturated carbocycles. The highest BCUT2D eigenvalue weighted by Gasteiger charge is 2.20. The normalized spacial score (nSPS) is 12.9. The number of unbranched alkanes of at least 4 members (excludes halogenated alkanes) is 35. The third-order valence-corrected chi connectivity index (χ3v) is 12.9. The van der Waals surface area contributed by atoms with Gasteiger partial charge in [0.2, 0.25) is 5.91 Å². The van der Waals surface area contributed by atoms with Crippen LogP contribution in [-0.4, -0.2) is 47.4 Å². The number of rotatable bonds is 52. The highest BCUT2D eigenvalue weighted by atomic mass is 16.5. The Morgan fingerprint density at radius 2 is 0.781 bits per heavy atom. The fourth-order valence-corrected chi connectivity index (χ4v) is 8.55. The molecule has 6 nitrogen and oxygen atoms in total. The summed E-state index contributed by atoms with van der Waals surface area (Å²) in [5.74, 6) is -0.0981. The minimum Gasteiger partial charge on any atom is -0.466 e. The first-order valence-corrected chi connectivity index (χ1v) is 28.2. The third kappa shape index (κ3) is 49.5. The average molecular weight is 901 g/mol. The molecule has 0 aliphatic carbocycles. The van der Waals surface area contributed by atoms with Gasteiger partial charge in [-0.05, 0) is 83.5 Å². The van der Waals surface area contributed by atoms with Crippen LogP contribution < -0.4 is 5.32 Å². The molecule has 0 fully saturated rings. The quantitative estimate of drug-likeness (QED) is 0.0321. The third-order valence-electron chi connectivity index (χ3n) is 12.9. The lowest BCUT2D eigenvalue weighted by molar-refractivity contribution is -0.143. The SMILES string of the molecule is CCCCC/C=C\C/C=C\CCCCCCCCCCCC(=O)OCCCC/C=C\CCCCCCCC(=O)NC(CO)C(O)CCCCCCCCCCCCCCCCCCC. The van der Waals surface area contributed by atoms with E-state index in [9.17, 15) is 19.8 Å². The molecule has 376 valence electrons. The molecule has 3 N–H and O–H groups in total. The van der Waals surface area contributed by atoms with Gasteiger partial charge in [0.1, 0.15) is 0 Å². The standard InChI is InChI=1S/C58H109NO5/c1-3-5-7-9-11-13-15-17-19-21-22-24-26-28-32-36-40-44-48-52-58(63)64-53-49-45-41-37-33-29-31-35-39-43-47-51-57(62)59-55(54-60)56(61)50-46-42-38-34-30-27-25-23-20-18-16-14-12-10-8-6-4-2/h11,13,17,19,33,37,55-56,60-61H,3-10,12,14-16,18,20-32,34-36,38-54H2,1-2H3,(H,59,62)/b13-11-,19-17-,37-33-. The zero-order chi connectivity index (χ0) is 46.5. The Kier molecular flexibility index (Phi) is 52.1. The van der Waals surface area contributed by atoms with Crippen molar-refractivity contribution in [2.75, 3.05) is 13.2 Å². The summed E-state index contributed by atoms with van der Waals surface area (Å²) in [7, 11) is 0. The molecule has 64 heavy (non-hydrogen) atoms. The second kappa shape index (κ2) is 53.7. The van der Waals surface area contributed by atoms with E-state index in [0.29, 0.717) is 25.9 Å². The number of hydrogen-bond donors (Lipinski definition) is 3. The number of amides is 1. The first-order valence-electron chi connectivity index (χ1n) is 28.2. The number of ether oxygens (including phenoxy) is 1. The lowest BCUT2D eigenvalue weighted by Gasteiger charge is -2.22. The summed E-state index contributed by atoms with van der Waals surface area (Å²) in [6.07, 6.45) is 65.5. The number of allylic oxidation sites excluding steroid dienone is 6. The number of carbonyl (C=O) groups is 2. The van der Waals surface area contributed by atoms with Gasteiger partial charge in [0.05, 0.1) is 25.4 Å². The molecule has 0 bridgehead atoms. The molecule has 0 heterocycles. The first-order chi connectivity index (χ1) is 31.5. The Morgan fingerprint density at radius 1 is 0.438 bits per heavy atom. The molecule has 1 amide bonds. The number of carbonyl (C=O) groups excluding carboxylic acids is 2. The van der Waals surface area contributed by atoms with Crippen LogP contribution in [0.25, 0.3) is 0 Å². The monoisotopic (exact) mass is 900 g/mol. The molecule has 0 aliphatic heterocycles. The van der Waals surface area contributed by atoms with Crippen LogP contribution >= 0.6 is 0 Å². The van der Waals surface area contributed by atoms with E-state index in [1.165, 1.54) is 173 Å². The van der Waals surface area contributed by atoms with E-state index in [1.54, 1.807) is 0 Å². The predicted molar refractivity (Wildman–Crippen MR) is 278 cm³/mol. The van der Waals surface area contributed by atoms with Crippen molar-refractivity contribution >= 4 is 11.9 Å². The van der Waals surface area contributed by atoms with Crippen LogP contribution in [0.5, 0.6) is 0 Å². The van der Waals surface area contributed by atoms with Crippen LogP contribution in [0.1, 0.15) is 296 Å². The van der Waals surface area contributed by atoms with Crippen molar-refractivity contribution in [3.05, 3.63) is 36.5 Å². The molecule has 0 aromatic rings. The van der Waals surface area contributed by atoms with Crippen LogP contribution in [0, 0.1) is 0 Å². The molecule has 0 saturated heterocycles. The Morgan fingerprint density at radius 3 is 1.23 bits per heavy atom. The Labute approximate surface area is 398 Å². The van der Waals surface area contributed by atoms with Crippen LogP contribution in [0.4, 0.5) is 0 Å². The molecule has 0 aliphatic rings. The van der Waals surface area contributed by atoms with Crippen molar-refractivity contribution in [1.82, 2.24) is 5.32 Å². The van der Waals surface area contributed by atoms with Gasteiger partial charge in [0.15, 0.2) is 0 Å². The van der Waals surface area contributed by atoms with Gasteiger partial charge in [0.25, 0.3) is 0 Å². The van der Waals surface area contributed by atoms with E-state index in [1.807, 2.05) is 0 Å². The fourth-order valence-electron chi connectivity index (χ4n) is 8.55.